The number of nitrogens with zero attached hydrogens (tertiary/aromatic N) is 2. The topological polar surface area (TPSA) is 85.8 Å². The number of esters is 1. The molecule has 1 aliphatic heterocycles. The van der Waals surface area contributed by atoms with E-state index >= 15 is 0 Å². The Morgan fingerprint density at radius 1 is 1.11 bits per heavy atom. The van der Waals surface area contributed by atoms with Gasteiger partial charge < -0.3 is 9.47 Å². The highest BCUT2D eigenvalue weighted by Gasteiger charge is 2.37. The SMILES string of the molecule is O=C(OCCOc1cccnc1)[C@@H]1CCCCN1S(=O)(=O)Cc1ccccc1. The lowest BCUT2D eigenvalue weighted by atomic mass is 10.1. The highest BCUT2D eigenvalue weighted by Crippen LogP contribution is 2.24. The Balaban J connectivity index is 1.56. The maximum atomic E-state index is 12.9. The number of ether oxygens (including phenoxy) is 2. The van der Waals surface area contributed by atoms with Gasteiger partial charge in [0.1, 0.15) is 25.0 Å². The van der Waals surface area contributed by atoms with Gasteiger partial charge in [-0.2, -0.15) is 4.31 Å². The number of hydrogen-bond donors (Lipinski definition) is 0. The molecular formula is C20H24N2O5S. The van der Waals surface area contributed by atoms with Crippen molar-refractivity contribution in [1.29, 1.82) is 0 Å². The molecule has 1 fully saturated rings. The van der Waals surface area contributed by atoms with Crippen LogP contribution < -0.4 is 4.74 Å². The van der Waals surface area contributed by atoms with Gasteiger partial charge in [0.15, 0.2) is 0 Å². The molecule has 0 N–H and O–H groups in total. The highest BCUT2D eigenvalue weighted by molar-refractivity contribution is 7.88. The lowest BCUT2D eigenvalue weighted by Crippen LogP contribution is -2.49. The minimum atomic E-state index is -3.61. The summed E-state index contributed by atoms with van der Waals surface area (Å²) in [6.45, 7) is 0.568. The van der Waals surface area contributed by atoms with Crippen LogP contribution in [-0.2, 0) is 25.3 Å². The molecule has 0 radical (unpaired) electrons. The normalized spacial score (nSPS) is 17.8. The van der Waals surface area contributed by atoms with Gasteiger partial charge in [-0.3, -0.25) is 9.78 Å². The van der Waals surface area contributed by atoms with E-state index in [0.29, 0.717) is 24.3 Å². The summed E-state index contributed by atoms with van der Waals surface area (Å²) in [7, 11) is -3.61. The number of hydrogen-bond acceptors (Lipinski definition) is 6. The van der Waals surface area contributed by atoms with Crippen molar-refractivity contribution < 1.29 is 22.7 Å². The third-order valence-electron chi connectivity index (χ3n) is 4.51. The minimum absolute atomic E-state index is 0.0524. The van der Waals surface area contributed by atoms with E-state index in [1.54, 1.807) is 48.8 Å². The van der Waals surface area contributed by atoms with Gasteiger partial charge in [-0.1, -0.05) is 30.3 Å². The van der Waals surface area contributed by atoms with Crippen molar-refractivity contribution in [2.24, 2.45) is 0 Å². The second-order valence-electron chi connectivity index (χ2n) is 6.57. The van der Waals surface area contributed by atoms with Crippen molar-refractivity contribution in [1.82, 2.24) is 9.29 Å². The summed E-state index contributed by atoms with van der Waals surface area (Å²) < 4.78 is 37.8. The van der Waals surface area contributed by atoms with Crippen LogP contribution in [0.5, 0.6) is 5.75 Å². The van der Waals surface area contributed by atoms with Crippen molar-refractivity contribution in [3.05, 3.63) is 60.4 Å². The quantitative estimate of drug-likeness (QED) is 0.496. The second kappa shape index (κ2) is 9.66. The first-order valence-corrected chi connectivity index (χ1v) is 10.9. The van der Waals surface area contributed by atoms with E-state index in [-0.39, 0.29) is 19.0 Å². The third kappa shape index (κ3) is 5.53. The van der Waals surface area contributed by atoms with Gasteiger partial charge in [-0.25, -0.2) is 8.42 Å². The van der Waals surface area contributed by atoms with Gasteiger partial charge >= 0.3 is 5.97 Å². The molecule has 150 valence electrons. The number of benzene rings is 1. The molecule has 0 amide bonds. The molecule has 8 heteroatoms. The van der Waals surface area contributed by atoms with Crippen molar-refractivity contribution in [2.75, 3.05) is 19.8 Å². The first-order valence-electron chi connectivity index (χ1n) is 9.29. The summed E-state index contributed by atoms with van der Waals surface area (Å²) in [4.78, 5) is 16.5. The summed E-state index contributed by atoms with van der Waals surface area (Å²) in [5.41, 5.74) is 0.699. The predicted octanol–water partition coefficient (Wildman–Crippen LogP) is 2.39. The first-order chi connectivity index (χ1) is 13.6. The standard InChI is InChI=1S/C20H24N2O5S/c23-20(27-14-13-26-18-9-6-11-21-15-18)19-10-4-5-12-22(19)28(24,25)16-17-7-2-1-3-8-17/h1-3,6-9,11,15,19H,4-5,10,12-14,16H2/t19-/m0/s1. The van der Waals surface area contributed by atoms with Crippen LogP contribution in [0.3, 0.4) is 0 Å². The molecule has 7 nitrogen and oxygen atoms in total. The molecule has 1 saturated heterocycles. The van der Waals surface area contributed by atoms with Crippen molar-refractivity contribution >= 4 is 16.0 Å². The zero-order valence-corrected chi connectivity index (χ0v) is 16.4. The molecule has 0 saturated carbocycles. The molecule has 2 heterocycles. The number of sulfonamides is 1. The molecule has 1 aliphatic rings. The van der Waals surface area contributed by atoms with E-state index in [2.05, 4.69) is 4.98 Å². The number of carbonyl (C=O) groups excluding carboxylic acids is 1. The Bertz CT molecular complexity index is 859. The van der Waals surface area contributed by atoms with Gasteiger partial charge in [-0.15, -0.1) is 0 Å². The average Bonchev–Trinajstić information content (AvgIpc) is 2.72. The van der Waals surface area contributed by atoms with Crippen LogP contribution in [0.15, 0.2) is 54.9 Å². The molecule has 1 aromatic heterocycles. The molecule has 2 aromatic rings. The molecule has 3 rings (SSSR count). The van der Waals surface area contributed by atoms with Crippen molar-refractivity contribution in [3.63, 3.8) is 0 Å². The van der Waals surface area contributed by atoms with E-state index in [4.69, 9.17) is 9.47 Å². The Hall–Kier alpha value is -2.45. The molecule has 0 unspecified atom stereocenters. The molecule has 1 aromatic carbocycles. The summed E-state index contributed by atoms with van der Waals surface area (Å²) >= 11 is 0. The van der Waals surface area contributed by atoms with E-state index in [0.717, 1.165) is 12.8 Å². The zero-order valence-electron chi connectivity index (χ0n) is 15.6. The smallest absolute Gasteiger partial charge is 0.324 e. The van der Waals surface area contributed by atoms with Crippen LogP contribution >= 0.6 is 0 Å². The summed E-state index contributed by atoms with van der Waals surface area (Å²) in [5, 5.41) is 0. The third-order valence-corrected chi connectivity index (χ3v) is 6.36. The van der Waals surface area contributed by atoms with Crippen LogP contribution in [0, 0.1) is 0 Å². The van der Waals surface area contributed by atoms with Crippen LogP contribution in [0.4, 0.5) is 0 Å². The Kier molecular flexibility index (Phi) is 7.00. The number of rotatable bonds is 8. The molecular weight excluding hydrogens is 380 g/mol. The van der Waals surface area contributed by atoms with Gasteiger partial charge in [0.25, 0.3) is 0 Å². The second-order valence-corrected chi connectivity index (χ2v) is 8.49. The van der Waals surface area contributed by atoms with E-state index < -0.39 is 22.0 Å². The number of aromatic nitrogens is 1. The fraction of sp³-hybridized carbons (Fsp3) is 0.400. The first kappa shape index (κ1) is 20.3. The number of pyridine rings is 1. The zero-order chi connectivity index (χ0) is 19.8. The Labute approximate surface area is 165 Å². The van der Waals surface area contributed by atoms with Gasteiger partial charge in [0, 0.05) is 12.7 Å². The van der Waals surface area contributed by atoms with Gasteiger partial charge in [0.2, 0.25) is 10.0 Å². The fourth-order valence-corrected chi connectivity index (χ4v) is 4.94. The van der Waals surface area contributed by atoms with Crippen LogP contribution in [0.1, 0.15) is 24.8 Å². The maximum absolute atomic E-state index is 12.9. The Morgan fingerprint density at radius 3 is 2.68 bits per heavy atom. The van der Waals surface area contributed by atoms with Crippen LogP contribution in [0.2, 0.25) is 0 Å². The monoisotopic (exact) mass is 404 g/mol. The number of carbonyl (C=O) groups is 1. The lowest BCUT2D eigenvalue weighted by molar-refractivity contribution is -0.149. The lowest BCUT2D eigenvalue weighted by Gasteiger charge is -2.33. The summed E-state index contributed by atoms with van der Waals surface area (Å²) in [5.74, 6) is -0.0590. The summed E-state index contributed by atoms with van der Waals surface area (Å²) in [6.07, 6.45) is 5.21. The highest BCUT2D eigenvalue weighted by atomic mass is 32.2. The molecule has 28 heavy (non-hydrogen) atoms. The van der Waals surface area contributed by atoms with Gasteiger partial charge in [0.05, 0.1) is 11.9 Å². The number of piperidine rings is 1. The van der Waals surface area contributed by atoms with E-state index in [9.17, 15) is 13.2 Å². The summed E-state index contributed by atoms with van der Waals surface area (Å²) in [6, 6.07) is 11.7. The molecule has 0 aliphatic carbocycles. The molecule has 0 bridgehead atoms. The molecule has 1 atom stereocenters. The average molecular weight is 404 g/mol. The van der Waals surface area contributed by atoms with Crippen LogP contribution in [0.25, 0.3) is 0 Å². The Morgan fingerprint density at radius 2 is 1.93 bits per heavy atom. The largest absolute Gasteiger partial charge is 0.488 e. The van der Waals surface area contributed by atoms with E-state index in [1.807, 2.05) is 6.07 Å². The predicted molar refractivity (Wildman–Crippen MR) is 104 cm³/mol. The molecule has 0 spiro atoms. The van der Waals surface area contributed by atoms with Gasteiger partial charge in [-0.05, 0) is 37.0 Å². The van der Waals surface area contributed by atoms with E-state index in [1.165, 1.54) is 4.31 Å². The fourth-order valence-electron chi connectivity index (χ4n) is 3.17. The maximum Gasteiger partial charge on any atom is 0.324 e. The van der Waals surface area contributed by atoms with Crippen molar-refractivity contribution in [3.8, 4) is 5.75 Å². The van der Waals surface area contributed by atoms with Crippen molar-refractivity contribution in [2.45, 2.75) is 31.1 Å². The van der Waals surface area contributed by atoms with Crippen LogP contribution in [-0.4, -0.2) is 49.5 Å². The minimum Gasteiger partial charge on any atom is -0.488 e.